The number of nitrogens with one attached hydrogen (secondary N) is 13. The number of rotatable bonds is 48. The van der Waals surface area contributed by atoms with Crippen molar-refractivity contribution in [1.82, 2.24) is 73.7 Å². The van der Waals surface area contributed by atoms with Crippen molar-refractivity contribution in [2.45, 2.75) is 197 Å². The molecule has 12 unspecified atom stereocenters. The van der Waals surface area contributed by atoms with Gasteiger partial charge in [0.2, 0.25) is 82.7 Å². The highest BCUT2D eigenvalue weighted by molar-refractivity contribution is 7.80. The summed E-state index contributed by atoms with van der Waals surface area (Å²) in [5, 5.41) is 69.4. The lowest BCUT2D eigenvalue weighted by Gasteiger charge is -2.30. The minimum atomic E-state index is -1.83. The SMILES string of the molecule is CC(=O)NC(CCCCN)C(=O)NC(CS)C(=O)NC(CCC(=O)O)C(=O)NC(Cc1ccccc1)C(=O)NC(CO)C(=O)N1CCCC1C(=O)NC(CC(N)=O)C(=O)NC(CC(C)C)C(=O)NC(Cc1c[nH]c2ccccc12)C(=O)NCC(=O)NC(CC(C)C)C(=O)NC(CCC(=O)O)C(=O)NC(CS)C(=O)O. The summed E-state index contributed by atoms with van der Waals surface area (Å²) in [5.41, 5.74) is 12.8. The standard InChI is InChI=1S/C70H102N16O21S2/c1-36(2)26-46(63(99)77-45(21-23-58(93)94)62(98)85-53(35-109)70(106)107)76-56(90)32-74-59(95)49(29-40-31-73-42-17-10-9-16-41(40)42)81-64(100)47(27-37(3)4)79-66(102)50(30-55(72)89)82-68(104)54-19-13-25-86(54)69(105)51(33-87)83-65(101)48(28-39-14-7-6-8-15-39)80-61(97)44(20-22-57(91)92)78-67(103)52(34-108)84-60(96)43(75-38(5)88)18-11-12-24-71/h6-10,14-17,31,36-37,43-54,73,87,108-109H,11-13,18-30,32-35,71H2,1-5H3,(H2,72,89)(H,74,95)(H,75,88)(H,76,90)(H,77,99)(H,78,103)(H,79,102)(H,80,97)(H,81,100)(H,82,104)(H,83,101)(H,84,96)(H,85,98)(H,91,92)(H,93,94)(H,106,107). The van der Waals surface area contributed by atoms with Gasteiger partial charge in [-0.2, -0.15) is 25.3 Å². The Bertz CT molecular complexity index is 3700. The fourth-order valence-electron chi connectivity index (χ4n) is 11.7. The highest BCUT2D eigenvalue weighted by Gasteiger charge is 2.42. The van der Waals surface area contributed by atoms with Crippen molar-refractivity contribution >= 4 is 137 Å². The van der Waals surface area contributed by atoms with E-state index in [1.807, 2.05) is 0 Å². The Hall–Kier alpha value is -10.4. The van der Waals surface area contributed by atoms with Crippen LogP contribution >= 0.6 is 25.3 Å². The Kier molecular flexibility index (Phi) is 38.4. The number of carbonyl (C=O) groups is 17. The molecule has 39 heteroatoms. The number of benzene rings is 2. The topological polar surface area (TPSA) is 587 Å². The number of aromatic amines is 1. The third kappa shape index (κ3) is 31.0. The highest BCUT2D eigenvalue weighted by Crippen LogP contribution is 2.22. The number of carbonyl (C=O) groups excluding carboxylic acids is 14. The molecule has 21 N–H and O–H groups in total. The molecule has 1 aromatic heterocycles. The number of H-pyrrole nitrogens is 1. The number of thiol groups is 2. The Morgan fingerprint density at radius 2 is 1.00 bits per heavy atom. The van der Waals surface area contributed by atoms with Crippen molar-refractivity contribution in [3.05, 3.63) is 71.9 Å². The summed E-state index contributed by atoms with van der Waals surface area (Å²) in [6, 6.07) is -3.34. The minimum absolute atomic E-state index is 0.0447. The molecule has 0 bridgehead atoms. The van der Waals surface area contributed by atoms with Crippen molar-refractivity contribution in [2.24, 2.45) is 23.3 Å². The van der Waals surface area contributed by atoms with Gasteiger partial charge in [-0.05, 0) is 93.4 Å². The summed E-state index contributed by atoms with van der Waals surface area (Å²) in [6.07, 6.45) is -1.06. The molecule has 1 aliphatic rings. The zero-order chi connectivity index (χ0) is 81.2. The van der Waals surface area contributed by atoms with Crippen molar-refractivity contribution in [2.75, 3.05) is 37.7 Å². The number of carboxylic acid groups (broad SMARTS) is 3. The predicted molar refractivity (Wildman–Crippen MR) is 399 cm³/mol. The quantitative estimate of drug-likeness (QED) is 0.0190. The van der Waals surface area contributed by atoms with Crippen LogP contribution in [0.3, 0.4) is 0 Å². The van der Waals surface area contributed by atoms with E-state index in [0.717, 1.165) is 4.90 Å². The number of aliphatic carboxylic acids is 3. The Balaban J connectivity index is 1.56. The van der Waals surface area contributed by atoms with Gasteiger partial charge in [-0.1, -0.05) is 76.2 Å². The molecule has 3 aromatic rings. The number of aliphatic hydroxyl groups is 1. The zero-order valence-electron chi connectivity index (χ0n) is 61.2. The number of hydrogen-bond donors (Lipinski definition) is 21. The molecule has 109 heavy (non-hydrogen) atoms. The Labute approximate surface area is 639 Å². The van der Waals surface area contributed by atoms with Gasteiger partial charge in [0.1, 0.15) is 72.5 Å². The number of aromatic nitrogens is 1. The monoisotopic (exact) mass is 1570 g/mol. The zero-order valence-corrected chi connectivity index (χ0v) is 63.0. The van der Waals surface area contributed by atoms with Gasteiger partial charge in [-0.15, -0.1) is 0 Å². The van der Waals surface area contributed by atoms with Gasteiger partial charge in [-0.25, -0.2) is 4.79 Å². The summed E-state index contributed by atoms with van der Waals surface area (Å²) in [4.78, 5) is 232. The summed E-state index contributed by atoms with van der Waals surface area (Å²) in [6.45, 7) is 6.26. The second-order valence-corrected chi connectivity index (χ2v) is 27.8. The molecule has 1 aliphatic heterocycles. The number of nitrogens with two attached hydrogens (primary N) is 2. The number of likely N-dealkylation sites (tertiary alicyclic amines) is 1. The minimum Gasteiger partial charge on any atom is -0.481 e. The van der Waals surface area contributed by atoms with E-state index in [1.165, 1.54) is 6.92 Å². The third-order valence-corrected chi connectivity index (χ3v) is 18.0. The third-order valence-electron chi connectivity index (χ3n) is 17.3. The number of hydrogen-bond acceptors (Lipinski definition) is 21. The molecule has 600 valence electrons. The second-order valence-electron chi connectivity index (χ2n) is 27.0. The van der Waals surface area contributed by atoms with Crippen molar-refractivity contribution in [1.29, 1.82) is 0 Å². The molecule has 14 amide bonds. The Morgan fingerprint density at radius 3 is 1.52 bits per heavy atom. The van der Waals surface area contributed by atoms with Gasteiger partial charge < -0.3 is 106 Å². The lowest BCUT2D eigenvalue weighted by molar-refractivity contribution is -0.143. The van der Waals surface area contributed by atoms with Crippen LogP contribution in [0.2, 0.25) is 0 Å². The molecule has 1 fully saturated rings. The fraction of sp³-hybridized carbons (Fsp3) is 0.557. The van der Waals surface area contributed by atoms with Crippen LogP contribution in [0.5, 0.6) is 0 Å². The van der Waals surface area contributed by atoms with Gasteiger partial charge in [0.25, 0.3) is 0 Å². The second kappa shape index (κ2) is 46.1. The van der Waals surface area contributed by atoms with E-state index in [2.05, 4.69) is 94.0 Å². The van der Waals surface area contributed by atoms with E-state index >= 15 is 0 Å². The van der Waals surface area contributed by atoms with E-state index in [4.69, 9.17) is 11.5 Å². The maximum atomic E-state index is 14.6. The van der Waals surface area contributed by atoms with Gasteiger partial charge >= 0.3 is 17.9 Å². The number of aliphatic hydroxyl groups excluding tert-OH is 1. The molecule has 2 aromatic carbocycles. The van der Waals surface area contributed by atoms with Gasteiger partial charge in [-0.3, -0.25) is 76.7 Å². The molecule has 37 nitrogen and oxygen atoms in total. The molecule has 1 saturated heterocycles. The lowest BCUT2D eigenvalue weighted by Crippen LogP contribution is -2.61. The number of primary amides is 1. The molecule has 4 rings (SSSR count). The maximum absolute atomic E-state index is 14.6. The maximum Gasteiger partial charge on any atom is 0.327 e. The number of para-hydroxylation sites is 1. The van der Waals surface area contributed by atoms with Crippen LogP contribution < -0.4 is 75.3 Å². The number of amides is 14. The first-order valence-corrected chi connectivity index (χ1v) is 36.8. The lowest BCUT2D eigenvalue weighted by atomic mass is 10.00. The van der Waals surface area contributed by atoms with Crippen LogP contribution in [0.15, 0.2) is 60.8 Å². The molecule has 0 aliphatic carbocycles. The fourth-order valence-corrected chi connectivity index (χ4v) is 12.2. The van der Waals surface area contributed by atoms with Crippen LogP contribution in [0.25, 0.3) is 10.9 Å². The first-order chi connectivity index (χ1) is 51.6. The van der Waals surface area contributed by atoms with Crippen molar-refractivity contribution in [3.8, 4) is 0 Å². The van der Waals surface area contributed by atoms with Crippen LogP contribution in [0.4, 0.5) is 0 Å². The normalized spacial score (nSPS) is 15.6. The van der Waals surface area contributed by atoms with E-state index < -0.39 is 218 Å². The first-order valence-electron chi connectivity index (χ1n) is 35.5. The van der Waals surface area contributed by atoms with Gasteiger partial charge in [0, 0.05) is 67.8 Å². The number of unbranched alkanes of at least 4 members (excludes halogenated alkanes) is 1. The Morgan fingerprint density at radius 1 is 0.532 bits per heavy atom. The van der Waals surface area contributed by atoms with Gasteiger partial charge in [0.05, 0.1) is 19.6 Å². The largest absolute Gasteiger partial charge is 0.481 e. The molecule has 0 spiro atoms. The highest BCUT2D eigenvalue weighted by atomic mass is 32.1. The first kappa shape index (κ1) is 91.0. The van der Waals surface area contributed by atoms with E-state index in [1.54, 1.807) is 88.5 Å². The summed E-state index contributed by atoms with van der Waals surface area (Å²) >= 11 is 8.12. The molecule has 2 heterocycles. The summed E-state index contributed by atoms with van der Waals surface area (Å²) in [7, 11) is 0. The van der Waals surface area contributed by atoms with E-state index in [0.29, 0.717) is 41.4 Å². The number of carboxylic acids is 3. The van der Waals surface area contributed by atoms with Crippen molar-refractivity contribution < 1.29 is 102 Å². The average molecular weight is 1570 g/mol. The number of nitrogens with zero attached hydrogens (tertiary/aromatic N) is 1. The van der Waals surface area contributed by atoms with Crippen LogP contribution in [0.1, 0.15) is 123 Å². The number of fused-ring (bicyclic) bond motifs is 1. The van der Waals surface area contributed by atoms with Crippen LogP contribution in [-0.2, 0) is 94.3 Å². The smallest absolute Gasteiger partial charge is 0.327 e. The summed E-state index contributed by atoms with van der Waals surface area (Å²) < 4.78 is 0. The molecule has 12 atom stereocenters. The predicted octanol–water partition coefficient (Wildman–Crippen LogP) is -3.82. The van der Waals surface area contributed by atoms with E-state index in [-0.39, 0.29) is 74.8 Å². The molecule has 0 radical (unpaired) electrons. The molecular weight excluding hydrogens is 1460 g/mol. The summed E-state index contributed by atoms with van der Waals surface area (Å²) in [5.74, 6) is -19.0. The van der Waals surface area contributed by atoms with E-state index in [9.17, 15) is 102 Å². The molecule has 0 saturated carbocycles. The van der Waals surface area contributed by atoms with Gasteiger partial charge in [0.15, 0.2) is 0 Å². The van der Waals surface area contributed by atoms with Crippen molar-refractivity contribution in [3.63, 3.8) is 0 Å². The van der Waals surface area contributed by atoms with Crippen LogP contribution in [-0.4, -0.2) is 241 Å². The average Bonchev–Trinajstić information content (AvgIpc) is 1.72. The molecular formula is C70H102N16O21S2. The van der Waals surface area contributed by atoms with Crippen LogP contribution in [0, 0.1) is 11.8 Å².